The summed E-state index contributed by atoms with van der Waals surface area (Å²) in [5.41, 5.74) is 8.20. The van der Waals surface area contributed by atoms with Crippen LogP contribution in [0.3, 0.4) is 0 Å². The molecule has 1 fully saturated rings. The zero-order chi connectivity index (χ0) is 19.9. The van der Waals surface area contributed by atoms with E-state index in [9.17, 15) is 0 Å². The molecule has 0 saturated heterocycles. The van der Waals surface area contributed by atoms with Gasteiger partial charge >= 0.3 is 0 Å². The predicted molar refractivity (Wildman–Crippen MR) is 111 cm³/mol. The van der Waals surface area contributed by atoms with E-state index in [1.165, 1.54) is 6.42 Å². The Morgan fingerprint density at radius 1 is 1.12 bits per heavy atom. The van der Waals surface area contributed by atoms with Crippen LogP contribution in [0.25, 0.3) is 0 Å². The maximum atomic E-state index is 4.50. The Kier molecular flexibility index (Phi) is 6.20. The summed E-state index contributed by atoms with van der Waals surface area (Å²) in [6.45, 7) is 26.4. The van der Waals surface area contributed by atoms with E-state index in [1.54, 1.807) is 0 Å². The van der Waals surface area contributed by atoms with E-state index in [4.69, 9.17) is 0 Å². The van der Waals surface area contributed by atoms with Crippen molar-refractivity contribution in [1.82, 2.24) is 16.2 Å². The van der Waals surface area contributed by atoms with Gasteiger partial charge in [-0.1, -0.05) is 61.5 Å². The first-order valence-corrected chi connectivity index (χ1v) is 10.0. The second kappa shape index (κ2) is 6.88. The van der Waals surface area contributed by atoms with Gasteiger partial charge in [0.1, 0.15) is 0 Å². The number of hydrogen-bond donors (Lipinski definition) is 3. The Labute approximate surface area is 157 Å². The van der Waals surface area contributed by atoms with Gasteiger partial charge in [-0.05, 0) is 55.9 Å². The van der Waals surface area contributed by atoms with Gasteiger partial charge in [0, 0.05) is 23.7 Å². The lowest BCUT2D eigenvalue weighted by Gasteiger charge is -2.71. The molecule has 0 aromatic heterocycles. The van der Waals surface area contributed by atoms with Gasteiger partial charge in [0.15, 0.2) is 0 Å². The SMILES string of the molecule is C=C(NNC)C1(CCC)CC(C)(C)[C@](C)(C(C)(C)NC)[C@@H](C)C1(C)C. The molecule has 3 N–H and O–H groups in total. The Morgan fingerprint density at radius 2 is 1.64 bits per heavy atom. The molecule has 0 aromatic carbocycles. The van der Waals surface area contributed by atoms with Crippen LogP contribution < -0.4 is 16.2 Å². The monoisotopic (exact) mass is 351 g/mol. The molecule has 1 aliphatic rings. The van der Waals surface area contributed by atoms with E-state index in [0.717, 1.165) is 18.5 Å². The van der Waals surface area contributed by atoms with Crippen molar-refractivity contribution in [3.05, 3.63) is 12.3 Å². The highest BCUT2D eigenvalue weighted by Gasteiger charge is 2.67. The summed E-state index contributed by atoms with van der Waals surface area (Å²) in [6.07, 6.45) is 3.47. The molecule has 0 heterocycles. The van der Waals surface area contributed by atoms with Gasteiger partial charge in [0.25, 0.3) is 0 Å². The minimum absolute atomic E-state index is 0.0450. The van der Waals surface area contributed by atoms with Crippen molar-refractivity contribution in [1.29, 1.82) is 0 Å². The van der Waals surface area contributed by atoms with Crippen LogP contribution in [0.1, 0.15) is 81.6 Å². The normalized spacial score (nSPS) is 34.6. The van der Waals surface area contributed by atoms with Crippen LogP contribution >= 0.6 is 0 Å². The van der Waals surface area contributed by atoms with Crippen molar-refractivity contribution < 1.29 is 0 Å². The summed E-state index contributed by atoms with van der Waals surface area (Å²) in [6, 6.07) is 0. The third-order valence-corrected chi connectivity index (χ3v) is 8.79. The van der Waals surface area contributed by atoms with Crippen LogP contribution in [0.2, 0.25) is 0 Å². The lowest BCUT2D eigenvalue weighted by Crippen LogP contribution is -2.70. The van der Waals surface area contributed by atoms with Crippen molar-refractivity contribution in [2.24, 2.45) is 27.6 Å². The van der Waals surface area contributed by atoms with E-state index >= 15 is 0 Å². The minimum Gasteiger partial charge on any atom is -0.326 e. The summed E-state index contributed by atoms with van der Waals surface area (Å²) >= 11 is 0. The van der Waals surface area contributed by atoms with E-state index in [-0.39, 0.29) is 27.2 Å². The first-order chi connectivity index (χ1) is 11.2. The molecule has 1 saturated carbocycles. The van der Waals surface area contributed by atoms with Crippen molar-refractivity contribution in [3.8, 4) is 0 Å². The highest BCUT2D eigenvalue weighted by Crippen LogP contribution is 2.71. The molecular weight excluding hydrogens is 306 g/mol. The molecule has 25 heavy (non-hydrogen) atoms. The summed E-state index contributed by atoms with van der Waals surface area (Å²) in [5.74, 6) is 0.521. The van der Waals surface area contributed by atoms with Crippen LogP contribution in [0, 0.1) is 27.6 Å². The fraction of sp³-hybridized carbons (Fsp3) is 0.909. The highest BCUT2D eigenvalue weighted by molar-refractivity contribution is 5.24. The lowest BCUT2D eigenvalue weighted by atomic mass is 9.35. The van der Waals surface area contributed by atoms with Gasteiger partial charge in [0.2, 0.25) is 0 Å². The molecule has 0 amide bonds. The average Bonchev–Trinajstić information content (AvgIpc) is 2.51. The van der Waals surface area contributed by atoms with Crippen molar-refractivity contribution in [2.45, 2.75) is 87.1 Å². The number of rotatable bonds is 7. The van der Waals surface area contributed by atoms with E-state index in [1.807, 2.05) is 7.05 Å². The van der Waals surface area contributed by atoms with Crippen LogP contribution in [0.5, 0.6) is 0 Å². The maximum absolute atomic E-state index is 4.50. The molecule has 0 bridgehead atoms. The van der Waals surface area contributed by atoms with Crippen LogP contribution in [0.15, 0.2) is 12.3 Å². The molecule has 0 radical (unpaired) electrons. The molecule has 0 aliphatic heterocycles. The van der Waals surface area contributed by atoms with Crippen molar-refractivity contribution >= 4 is 0 Å². The molecule has 1 unspecified atom stereocenters. The molecule has 1 rings (SSSR count). The van der Waals surface area contributed by atoms with Crippen LogP contribution in [-0.4, -0.2) is 19.6 Å². The van der Waals surface area contributed by atoms with Crippen molar-refractivity contribution in [3.63, 3.8) is 0 Å². The third-order valence-electron chi connectivity index (χ3n) is 8.79. The topological polar surface area (TPSA) is 36.1 Å². The van der Waals surface area contributed by atoms with Gasteiger partial charge in [-0.2, -0.15) is 0 Å². The Balaban J connectivity index is 3.65. The largest absolute Gasteiger partial charge is 0.326 e. The second-order valence-electron chi connectivity index (χ2n) is 10.3. The second-order valence-corrected chi connectivity index (χ2v) is 10.3. The van der Waals surface area contributed by atoms with E-state index in [0.29, 0.717) is 5.92 Å². The molecule has 3 nitrogen and oxygen atoms in total. The molecule has 0 aromatic rings. The predicted octanol–water partition coefficient (Wildman–Crippen LogP) is 5.11. The first-order valence-electron chi connectivity index (χ1n) is 10.0. The third kappa shape index (κ3) is 2.96. The van der Waals surface area contributed by atoms with Gasteiger partial charge < -0.3 is 10.7 Å². The number of hydrazine groups is 1. The zero-order valence-corrected chi connectivity index (χ0v) is 18.9. The number of allylic oxidation sites excluding steroid dienone is 1. The van der Waals surface area contributed by atoms with E-state index < -0.39 is 0 Å². The van der Waals surface area contributed by atoms with E-state index in [2.05, 4.69) is 92.1 Å². The smallest absolute Gasteiger partial charge is 0.0257 e. The Hall–Kier alpha value is -0.540. The summed E-state index contributed by atoms with van der Waals surface area (Å²) in [5, 5.41) is 3.64. The van der Waals surface area contributed by atoms with Crippen LogP contribution in [0.4, 0.5) is 0 Å². The van der Waals surface area contributed by atoms with Gasteiger partial charge in [-0.25, -0.2) is 5.43 Å². The molecule has 0 spiro atoms. The molecule has 1 aliphatic carbocycles. The molecule has 148 valence electrons. The standard InChI is InChI=1S/C22H45N3/c1-13-14-22(17(3)25-24-12)15-18(4,5)21(10,20(8,9)23-11)16(2)19(22,6)7/h16,23-25H,3,13-15H2,1-2,4-12H3/t16-,21+,22?/m0/s1. The fourth-order valence-corrected chi connectivity index (χ4v) is 6.29. The summed E-state index contributed by atoms with van der Waals surface area (Å²) in [4.78, 5) is 0. The average molecular weight is 352 g/mol. The number of nitrogens with one attached hydrogen (secondary N) is 3. The fourth-order valence-electron chi connectivity index (χ4n) is 6.29. The summed E-state index contributed by atoms with van der Waals surface area (Å²) in [7, 11) is 4.04. The van der Waals surface area contributed by atoms with Gasteiger partial charge in [0.05, 0.1) is 0 Å². The quantitative estimate of drug-likeness (QED) is 0.558. The first kappa shape index (κ1) is 22.5. The molecular formula is C22H45N3. The maximum Gasteiger partial charge on any atom is 0.0257 e. The highest BCUT2D eigenvalue weighted by atomic mass is 15.3. The Bertz CT molecular complexity index is 492. The molecule has 3 heteroatoms. The van der Waals surface area contributed by atoms with Gasteiger partial charge in [-0.15, -0.1) is 0 Å². The number of hydrogen-bond acceptors (Lipinski definition) is 3. The zero-order valence-electron chi connectivity index (χ0n) is 18.9. The van der Waals surface area contributed by atoms with Crippen molar-refractivity contribution in [2.75, 3.05) is 14.1 Å². The lowest BCUT2D eigenvalue weighted by molar-refractivity contribution is -0.194. The van der Waals surface area contributed by atoms with Gasteiger partial charge in [-0.3, -0.25) is 0 Å². The minimum atomic E-state index is 0.0450. The Morgan fingerprint density at radius 3 is 2.04 bits per heavy atom. The van der Waals surface area contributed by atoms with Crippen LogP contribution in [-0.2, 0) is 0 Å². The molecule has 3 atom stereocenters. The summed E-state index contributed by atoms with van der Waals surface area (Å²) < 4.78 is 0.